The van der Waals surface area contributed by atoms with Crippen LogP contribution in [-0.2, 0) is 0 Å². The van der Waals surface area contributed by atoms with Crippen molar-refractivity contribution in [2.75, 3.05) is 14.1 Å². The van der Waals surface area contributed by atoms with Crippen LogP contribution >= 0.6 is 0 Å². The molecule has 0 amide bonds. The third-order valence-electron chi connectivity index (χ3n) is 1.83. The molecule has 0 bridgehead atoms. The molecule has 1 N–H and O–H groups in total. The number of allylic oxidation sites excluding steroid dienone is 5. The molecule has 0 atom stereocenters. The molecule has 0 fully saturated rings. The fourth-order valence-corrected chi connectivity index (χ4v) is 1.09. The Hall–Kier alpha value is -1.57. The van der Waals surface area contributed by atoms with Crippen LogP contribution in [0.2, 0.25) is 0 Å². The summed E-state index contributed by atoms with van der Waals surface area (Å²) < 4.78 is 0. The van der Waals surface area contributed by atoms with E-state index in [1.807, 2.05) is 37.2 Å². The highest BCUT2D eigenvalue weighted by Gasteiger charge is 1.99. The zero-order valence-electron chi connectivity index (χ0n) is 9.83. The first-order chi connectivity index (χ1) is 7.13. The molecule has 0 aromatic rings. The number of nitrogens with one attached hydrogen (secondary N) is 1. The van der Waals surface area contributed by atoms with Gasteiger partial charge < -0.3 is 10.3 Å². The topological polar surface area (TPSA) is 27.1 Å². The first kappa shape index (κ1) is 13.4. The minimum absolute atomic E-state index is 0.907. The molecule has 82 valence electrons. The summed E-state index contributed by atoms with van der Waals surface area (Å²) in [5.41, 5.74) is 1.86. The normalized spacial score (nSPS) is 12.3. The van der Waals surface area contributed by atoms with Crippen LogP contribution in [0.4, 0.5) is 0 Å². The largest absolute Gasteiger partial charge is 0.377 e. The van der Waals surface area contributed by atoms with E-state index in [0.717, 1.165) is 17.7 Å². The number of hydrogen-bond donors (Lipinski definition) is 1. The molecule has 0 saturated carbocycles. The van der Waals surface area contributed by atoms with Gasteiger partial charge in [0.15, 0.2) is 0 Å². The lowest BCUT2D eigenvalue weighted by atomic mass is 10.1. The highest BCUT2D eigenvalue weighted by atomic mass is 15.1. The van der Waals surface area contributed by atoms with Crippen LogP contribution in [0, 0.1) is 5.41 Å². The van der Waals surface area contributed by atoms with Gasteiger partial charge >= 0.3 is 0 Å². The van der Waals surface area contributed by atoms with E-state index in [0.29, 0.717) is 0 Å². The second kappa shape index (κ2) is 7.80. The Bertz CT molecular complexity index is 294. The average Bonchev–Trinajstić information content (AvgIpc) is 2.20. The van der Waals surface area contributed by atoms with Crippen LogP contribution in [0.1, 0.15) is 13.3 Å². The average molecular weight is 204 g/mol. The summed E-state index contributed by atoms with van der Waals surface area (Å²) in [7, 11) is 3.88. The molecular formula is C13H20N2. The van der Waals surface area contributed by atoms with Crippen molar-refractivity contribution < 1.29 is 0 Å². The first-order valence-corrected chi connectivity index (χ1v) is 5.04. The number of hydrogen-bond acceptors (Lipinski definition) is 2. The smallest absolute Gasteiger partial charge is 0.0443 e. The molecule has 0 aromatic carbocycles. The van der Waals surface area contributed by atoms with Gasteiger partial charge in [0.2, 0.25) is 0 Å². The predicted octanol–water partition coefficient (Wildman–Crippen LogP) is 3.16. The van der Waals surface area contributed by atoms with Crippen molar-refractivity contribution in [3.05, 3.63) is 48.2 Å². The van der Waals surface area contributed by atoms with Gasteiger partial charge in [-0.15, -0.1) is 0 Å². The zero-order chi connectivity index (χ0) is 11.7. The van der Waals surface area contributed by atoms with Gasteiger partial charge in [0.05, 0.1) is 0 Å². The third kappa shape index (κ3) is 5.68. The monoisotopic (exact) mass is 204 g/mol. The molecule has 0 radical (unpaired) electrons. The lowest BCUT2D eigenvalue weighted by Gasteiger charge is -2.16. The molecule has 0 aliphatic rings. The minimum atomic E-state index is 0.907. The van der Waals surface area contributed by atoms with Crippen molar-refractivity contribution in [3.63, 3.8) is 0 Å². The zero-order valence-corrected chi connectivity index (χ0v) is 9.83. The Morgan fingerprint density at radius 2 is 2.00 bits per heavy atom. The number of likely N-dealkylation sites (N-methyl/N-ethyl adjacent to an activating group) is 1. The van der Waals surface area contributed by atoms with Crippen LogP contribution in [0.15, 0.2) is 48.2 Å². The molecule has 2 nitrogen and oxygen atoms in total. The number of nitrogens with zero attached hydrogens (tertiary/aromatic N) is 1. The van der Waals surface area contributed by atoms with E-state index in [4.69, 9.17) is 5.41 Å². The number of rotatable bonds is 6. The first-order valence-electron chi connectivity index (χ1n) is 5.04. The fourth-order valence-electron chi connectivity index (χ4n) is 1.09. The summed E-state index contributed by atoms with van der Waals surface area (Å²) >= 11 is 0. The van der Waals surface area contributed by atoms with E-state index < -0.39 is 0 Å². The summed E-state index contributed by atoms with van der Waals surface area (Å²) in [6.07, 6.45) is 12.0. The van der Waals surface area contributed by atoms with Gasteiger partial charge in [0.1, 0.15) is 0 Å². The van der Waals surface area contributed by atoms with Gasteiger partial charge in [-0.05, 0) is 18.1 Å². The molecule has 0 spiro atoms. The predicted molar refractivity (Wildman–Crippen MR) is 68.3 cm³/mol. The quantitative estimate of drug-likeness (QED) is 0.522. The van der Waals surface area contributed by atoms with Gasteiger partial charge in [0.25, 0.3) is 0 Å². The van der Waals surface area contributed by atoms with Crippen LogP contribution in [0.25, 0.3) is 0 Å². The lowest BCUT2D eigenvalue weighted by molar-refractivity contribution is 0.526. The molecule has 0 unspecified atom stereocenters. The van der Waals surface area contributed by atoms with Gasteiger partial charge in [-0.1, -0.05) is 37.8 Å². The molecule has 15 heavy (non-hydrogen) atoms. The van der Waals surface area contributed by atoms with Crippen molar-refractivity contribution in [2.24, 2.45) is 0 Å². The Morgan fingerprint density at radius 1 is 1.33 bits per heavy atom. The summed E-state index contributed by atoms with van der Waals surface area (Å²) in [6, 6.07) is 0. The fraction of sp³-hybridized carbons (Fsp3) is 0.308. The molecule has 0 aliphatic carbocycles. The van der Waals surface area contributed by atoms with E-state index in [9.17, 15) is 0 Å². The highest BCUT2D eigenvalue weighted by molar-refractivity contribution is 5.70. The van der Waals surface area contributed by atoms with Crippen LogP contribution in [-0.4, -0.2) is 25.2 Å². The lowest BCUT2D eigenvalue weighted by Crippen LogP contribution is -2.12. The van der Waals surface area contributed by atoms with Crippen molar-refractivity contribution in [3.8, 4) is 0 Å². The van der Waals surface area contributed by atoms with Gasteiger partial charge in [-0.2, -0.15) is 0 Å². The Morgan fingerprint density at radius 3 is 2.47 bits per heavy atom. The SMILES string of the molecule is C=C(/C=C\C=C/CC)/C(=C/C=N)N(C)C. The molecule has 0 aliphatic heterocycles. The highest BCUT2D eigenvalue weighted by Crippen LogP contribution is 2.10. The molecular weight excluding hydrogens is 184 g/mol. The van der Waals surface area contributed by atoms with Crippen LogP contribution in [0.3, 0.4) is 0 Å². The van der Waals surface area contributed by atoms with Gasteiger partial charge in [-0.25, -0.2) is 0 Å². The second-order valence-electron chi connectivity index (χ2n) is 3.33. The van der Waals surface area contributed by atoms with Crippen molar-refractivity contribution >= 4 is 6.21 Å². The standard InChI is InChI=1S/C13H20N2/c1-5-6-7-8-9-12(2)13(10-11-14)15(3)4/h6-11,14H,2,5H2,1,3-4H3/b7-6-,9-8-,13-10-,14-11?. The van der Waals surface area contributed by atoms with E-state index in [-0.39, 0.29) is 0 Å². The van der Waals surface area contributed by atoms with E-state index in [1.165, 1.54) is 6.21 Å². The van der Waals surface area contributed by atoms with Crippen molar-refractivity contribution in [1.82, 2.24) is 4.90 Å². The summed E-state index contributed by atoms with van der Waals surface area (Å²) in [4.78, 5) is 1.95. The van der Waals surface area contributed by atoms with Crippen molar-refractivity contribution in [2.45, 2.75) is 13.3 Å². The Labute approximate surface area is 92.8 Å². The van der Waals surface area contributed by atoms with Crippen LogP contribution < -0.4 is 0 Å². The van der Waals surface area contributed by atoms with Gasteiger partial charge in [-0.3, -0.25) is 0 Å². The van der Waals surface area contributed by atoms with Crippen molar-refractivity contribution in [1.29, 1.82) is 5.41 Å². The van der Waals surface area contributed by atoms with E-state index >= 15 is 0 Å². The summed E-state index contributed by atoms with van der Waals surface area (Å²) in [6.45, 7) is 6.06. The summed E-state index contributed by atoms with van der Waals surface area (Å²) in [5, 5.41) is 7.06. The summed E-state index contributed by atoms with van der Waals surface area (Å²) in [5.74, 6) is 0. The maximum Gasteiger partial charge on any atom is 0.0443 e. The molecule has 0 heterocycles. The molecule has 0 aromatic heterocycles. The molecule has 0 rings (SSSR count). The van der Waals surface area contributed by atoms with Crippen LogP contribution in [0.5, 0.6) is 0 Å². The van der Waals surface area contributed by atoms with E-state index in [2.05, 4.69) is 19.6 Å². The Balaban J connectivity index is 4.53. The maximum atomic E-state index is 7.06. The van der Waals surface area contributed by atoms with E-state index in [1.54, 1.807) is 6.08 Å². The van der Waals surface area contributed by atoms with Gasteiger partial charge in [0, 0.05) is 26.0 Å². The maximum absolute atomic E-state index is 7.06. The molecule has 2 heteroatoms. The minimum Gasteiger partial charge on any atom is -0.377 e. The molecule has 0 saturated heterocycles. The second-order valence-corrected chi connectivity index (χ2v) is 3.33. The Kier molecular flexibility index (Phi) is 6.98. The third-order valence-corrected chi connectivity index (χ3v) is 1.83.